The summed E-state index contributed by atoms with van der Waals surface area (Å²) < 4.78 is 16.2. The van der Waals surface area contributed by atoms with Gasteiger partial charge in [-0.2, -0.15) is 0 Å². The molecule has 0 N–H and O–H groups in total. The zero-order chi connectivity index (χ0) is 13.3. The van der Waals surface area contributed by atoms with Crippen LogP contribution in [0.15, 0.2) is 12.2 Å². The maximum Gasteiger partial charge on any atom is 0.333 e. The van der Waals surface area contributed by atoms with Gasteiger partial charge in [0.05, 0.1) is 5.73 Å². The first-order chi connectivity index (χ1) is 8.04. The largest absolute Gasteiger partial charge is 0.463 e. The predicted octanol–water partition coefficient (Wildman–Crippen LogP) is 1.90. The van der Waals surface area contributed by atoms with Gasteiger partial charge >= 0.3 is 5.97 Å². The van der Waals surface area contributed by atoms with Gasteiger partial charge in [-0.1, -0.05) is 13.5 Å². The molecule has 17 heavy (non-hydrogen) atoms. The van der Waals surface area contributed by atoms with E-state index in [1.54, 1.807) is 6.92 Å². The molecule has 0 heterocycles. The van der Waals surface area contributed by atoms with Crippen molar-refractivity contribution in [3.63, 3.8) is 0 Å². The zero-order valence-corrected chi connectivity index (χ0v) is 12.1. The minimum atomic E-state index is -0.351. The van der Waals surface area contributed by atoms with Gasteiger partial charge in [-0.3, -0.25) is 0 Å². The van der Waals surface area contributed by atoms with E-state index in [2.05, 4.69) is 6.58 Å². The molecule has 0 saturated carbocycles. The Morgan fingerprint density at radius 2 is 1.76 bits per heavy atom. The fourth-order valence-electron chi connectivity index (χ4n) is 1.06. The van der Waals surface area contributed by atoms with E-state index in [4.69, 9.17) is 14.2 Å². The summed E-state index contributed by atoms with van der Waals surface area (Å²) in [5.74, 6) is -0.635. The van der Waals surface area contributed by atoms with Crippen molar-refractivity contribution in [3.8, 4) is 0 Å². The minimum Gasteiger partial charge on any atom is -0.463 e. The van der Waals surface area contributed by atoms with Crippen LogP contribution in [-0.4, -0.2) is 40.3 Å². The van der Waals surface area contributed by atoms with Gasteiger partial charge in [0, 0.05) is 18.8 Å². The minimum absolute atomic E-state index is 0.165. The lowest BCUT2D eigenvalue weighted by Gasteiger charge is -2.21. The lowest BCUT2D eigenvalue weighted by Crippen LogP contribution is -2.36. The summed E-state index contributed by atoms with van der Waals surface area (Å²) in [6.07, 6.45) is 0.744. The van der Waals surface area contributed by atoms with Gasteiger partial charge in [-0.15, -0.1) is 0 Å². The molecule has 5 heteroatoms. The number of hydrogen-bond acceptors (Lipinski definition) is 4. The Morgan fingerprint density at radius 1 is 1.24 bits per heavy atom. The number of carbonyl (C=O) groups excluding carboxylic acids is 1. The molecule has 0 aromatic rings. The quantitative estimate of drug-likeness (QED) is 0.274. The highest BCUT2D eigenvalue weighted by Gasteiger charge is 2.21. The smallest absolute Gasteiger partial charge is 0.333 e. The molecule has 1 unspecified atom stereocenters. The fraction of sp³-hybridized carbons (Fsp3) is 0.750. The Kier molecular flexibility index (Phi) is 9.02. The van der Waals surface area contributed by atoms with E-state index < -0.39 is 0 Å². The molecule has 0 rings (SSSR count). The molecule has 98 valence electrons. The van der Waals surface area contributed by atoms with E-state index in [0.717, 1.165) is 6.42 Å². The van der Waals surface area contributed by atoms with Gasteiger partial charge in [0.2, 0.25) is 0 Å². The molecule has 0 aliphatic heterocycles. The summed E-state index contributed by atoms with van der Waals surface area (Å²) in [5, 5.41) is 0. The summed E-state index contributed by atoms with van der Waals surface area (Å²) in [4.78, 5) is 11.4. The van der Waals surface area contributed by atoms with Gasteiger partial charge in [-0.25, -0.2) is 4.79 Å². The maximum absolute atomic E-state index is 11.4. The van der Waals surface area contributed by atoms with Gasteiger partial charge in [-0.05, 0) is 27.2 Å². The molecular weight excluding hydrogens is 236 g/mol. The molecule has 0 bridgehead atoms. The molecule has 0 aliphatic rings. The topological polar surface area (TPSA) is 44.8 Å². The average Bonchev–Trinajstić information content (AvgIpc) is 2.28. The standard InChI is InChI=1S/C12H22O4Si/c1-6-10(16-11(13)9(4)5)17-12(14-7-2)15-8-3/h10,12H,4,6-8H2,1-3,5H3. The van der Waals surface area contributed by atoms with Crippen LogP contribution in [0.1, 0.15) is 34.1 Å². The van der Waals surface area contributed by atoms with E-state index in [-0.39, 0.29) is 27.1 Å². The number of hydrogen-bond donors (Lipinski definition) is 0. The first-order valence-electron chi connectivity index (χ1n) is 5.90. The monoisotopic (exact) mass is 258 g/mol. The summed E-state index contributed by atoms with van der Waals surface area (Å²) >= 11 is 0. The molecule has 0 aliphatic carbocycles. The lowest BCUT2D eigenvalue weighted by molar-refractivity contribution is -0.141. The predicted molar refractivity (Wildman–Crippen MR) is 67.8 cm³/mol. The van der Waals surface area contributed by atoms with E-state index in [0.29, 0.717) is 18.8 Å². The first-order valence-corrected chi connectivity index (χ1v) is 7.06. The highest BCUT2D eigenvalue weighted by molar-refractivity contribution is 6.38. The lowest BCUT2D eigenvalue weighted by atomic mass is 10.4. The van der Waals surface area contributed by atoms with Crippen molar-refractivity contribution < 1.29 is 19.0 Å². The van der Waals surface area contributed by atoms with Crippen molar-refractivity contribution in [1.82, 2.24) is 0 Å². The second-order valence-electron chi connectivity index (χ2n) is 3.49. The molecule has 0 amide bonds. The zero-order valence-electron chi connectivity index (χ0n) is 11.1. The highest BCUT2D eigenvalue weighted by atomic mass is 28.2. The third-order valence-corrected chi connectivity index (χ3v) is 3.43. The van der Waals surface area contributed by atoms with Crippen LogP contribution in [-0.2, 0) is 19.0 Å². The van der Waals surface area contributed by atoms with Gasteiger partial charge < -0.3 is 14.2 Å². The second-order valence-corrected chi connectivity index (χ2v) is 4.94. The summed E-state index contributed by atoms with van der Waals surface area (Å²) in [5.41, 5.74) is 0.250. The van der Waals surface area contributed by atoms with E-state index >= 15 is 0 Å². The molecule has 4 nitrogen and oxygen atoms in total. The van der Waals surface area contributed by atoms with Crippen LogP contribution < -0.4 is 0 Å². The van der Waals surface area contributed by atoms with Crippen molar-refractivity contribution in [3.05, 3.63) is 12.2 Å². The van der Waals surface area contributed by atoms with E-state index in [9.17, 15) is 4.79 Å². The van der Waals surface area contributed by atoms with Crippen molar-refractivity contribution in [2.24, 2.45) is 0 Å². The molecule has 0 saturated heterocycles. The summed E-state index contributed by atoms with van der Waals surface area (Å²) in [6, 6.07) is 0. The van der Waals surface area contributed by atoms with Crippen LogP contribution in [0.2, 0.25) is 0 Å². The van der Waals surface area contributed by atoms with Gasteiger partial charge in [0.25, 0.3) is 0 Å². The Labute approximate surface area is 106 Å². The molecule has 2 radical (unpaired) electrons. The van der Waals surface area contributed by atoms with Crippen LogP contribution in [0.3, 0.4) is 0 Å². The number of ether oxygens (including phenoxy) is 3. The third-order valence-electron chi connectivity index (χ3n) is 1.93. The normalized spacial score (nSPS) is 12.5. The third kappa shape index (κ3) is 7.30. The average molecular weight is 258 g/mol. The number of rotatable bonds is 9. The molecule has 0 spiro atoms. The van der Waals surface area contributed by atoms with Crippen LogP contribution in [0.5, 0.6) is 0 Å². The maximum atomic E-state index is 11.4. The van der Waals surface area contributed by atoms with Crippen LogP contribution >= 0.6 is 0 Å². The van der Waals surface area contributed by atoms with Crippen molar-refractivity contribution in [2.75, 3.05) is 13.2 Å². The molecule has 0 aromatic carbocycles. The Bertz CT molecular complexity index is 237. The Morgan fingerprint density at radius 3 is 2.12 bits per heavy atom. The number of esters is 1. The van der Waals surface area contributed by atoms with Crippen LogP contribution in [0, 0.1) is 0 Å². The first kappa shape index (κ1) is 16.3. The van der Waals surface area contributed by atoms with Crippen molar-refractivity contribution in [1.29, 1.82) is 0 Å². The SMILES string of the molecule is C=C(C)C(=O)OC(CC)[Si]C(OCC)OCC. The van der Waals surface area contributed by atoms with E-state index in [1.165, 1.54) is 0 Å². The Hall–Kier alpha value is -0.653. The van der Waals surface area contributed by atoms with Gasteiger partial charge in [0.15, 0.2) is 9.52 Å². The van der Waals surface area contributed by atoms with Crippen LogP contribution in [0.25, 0.3) is 0 Å². The Balaban J connectivity index is 4.24. The fourth-order valence-corrected chi connectivity index (χ4v) is 2.30. The van der Waals surface area contributed by atoms with Crippen LogP contribution in [0.4, 0.5) is 0 Å². The number of carbonyl (C=O) groups is 1. The highest BCUT2D eigenvalue weighted by Crippen LogP contribution is 2.05. The van der Waals surface area contributed by atoms with Crippen molar-refractivity contribution in [2.45, 2.75) is 45.8 Å². The second kappa shape index (κ2) is 9.38. The van der Waals surface area contributed by atoms with Gasteiger partial charge in [0.1, 0.15) is 5.91 Å². The van der Waals surface area contributed by atoms with E-state index in [1.807, 2.05) is 20.8 Å². The molecule has 1 atom stereocenters. The summed E-state index contributed by atoms with van der Waals surface area (Å²) in [6.45, 7) is 12.2. The molecule has 0 aromatic heterocycles. The molecule has 0 fully saturated rings. The molecular formula is C12H22O4Si. The summed E-state index contributed by atoms with van der Waals surface area (Å²) in [7, 11) is 0.285. The van der Waals surface area contributed by atoms with Crippen molar-refractivity contribution >= 4 is 15.5 Å².